The van der Waals surface area contributed by atoms with E-state index >= 15 is 0 Å². The van der Waals surface area contributed by atoms with Crippen molar-refractivity contribution in [2.24, 2.45) is 10.3 Å². The van der Waals surface area contributed by atoms with Crippen molar-refractivity contribution < 1.29 is 26.4 Å². The van der Waals surface area contributed by atoms with Gasteiger partial charge in [-0.3, -0.25) is 9.80 Å². The normalized spacial score (nSPS) is 16.7. The molecule has 0 radical (unpaired) electrons. The number of carbonyl (C=O) groups excluding carboxylic acids is 1. The van der Waals surface area contributed by atoms with E-state index in [4.69, 9.17) is 0 Å². The molecule has 12 heteroatoms. The molecule has 0 N–H and O–H groups in total. The number of piperazine rings is 1. The largest absolute Gasteiger partial charge is 0.416 e. The number of amides is 1. The first-order chi connectivity index (χ1) is 12.6. The second-order valence-electron chi connectivity index (χ2n) is 5.91. The lowest BCUT2D eigenvalue weighted by Gasteiger charge is -2.34. The molecule has 150 valence electrons. The summed E-state index contributed by atoms with van der Waals surface area (Å²) in [5.74, 6) is -0.212. The summed E-state index contributed by atoms with van der Waals surface area (Å²) in [7, 11) is -0.849. The number of likely N-dealkylation sites (N-methyl/N-ethyl adjacent to an activating group) is 1. The van der Waals surface area contributed by atoms with Gasteiger partial charge in [-0.15, -0.1) is 0 Å². The molecule has 1 fully saturated rings. The number of hydrogen-bond donors (Lipinski definition) is 0. The summed E-state index contributed by atoms with van der Waals surface area (Å²) in [5.41, 5.74) is -0.912. The first-order valence-electron chi connectivity index (χ1n) is 8.02. The van der Waals surface area contributed by atoms with Crippen molar-refractivity contribution in [1.82, 2.24) is 14.2 Å². The number of rotatable bonds is 5. The van der Waals surface area contributed by atoms with Crippen molar-refractivity contribution in [2.45, 2.75) is 11.1 Å². The van der Waals surface area contributed by atoms with Crippen molar-refractivity contribution in [3.8, 4) is 0 Å². The fraction of sp³-hybridized carbons (Fsp3) is 0.533. The van der Waals surface area contributed by atoms with Crippen molar-refractivity contribution in [3.63, 3.8) is 0 Å². The van der Waals surface area contributed by atoms with Crippen molar-refractivity contribution >= 4 is 15.9 Å². The third-order valence-electron chi connectivity index (χ3n) is 4.02. The van der Waals surface area contributed by atoms with Crippen LogP contribution in [-0.2, 0) is 21.0 Å². The highest BCUT2D eigenvalue weighted by Crippen LogP contribution is 2.30. The highest BCUT2D eigenvalue weighted by molar-refractivity contribution is 7.89. The van der Waals surface area contributed by atoms with Crippen LogP contribution >= 0.6 is 0 Å². The number of benzene rings is 1. The summed E-state index contributed by atoms with van der Waals surface area (Å²) >= 11 is 0. The molecule has 1 aromatic carbocycles. The molecule has 1 aromatic rings. The Bertz CT molecular complexity index is 788. The maximum absolute atomic E-state index is 12.6. The van der Waals surface area contributed by atoms with Gasteiger partial charge < -0.3 is 4.90 Å². The van der Waals surface area contributed by atoms with Gasteiger partial charge in [-0.1, -0.05) is 5.22 Å². The van der Waals surface area contributed by atoms with Crippen LogP contribution in [0.25, 0.3) is 0 Å². The molecule has 0 bridgehead atoms. The predicted octanol–water partition coefficient (Wildman–Crippen LogP) is 1.47. The van der Waals surface area contributed by atoms with Gasteiger partial charge in [-0.2, -0.15) is 22.6 Å². The quantitative estimate of drug-likeness (QED) is 0.546. The maximum atomic E-state index is 12.6. The minimum Gasteiger partial charge on any atom is -0.338 e. The molecule has 0 atom stereocenters. The van der Waals surface area contributed by atoms with E-state index in [1.807, 2.05) is 0 Å². The van der Waals surface area contributed by atoms with Gasteiger partial charge in [-0.25, -0.2) is 8.42 Å². The Morgan fingerprint density at radius 1 is 1.15 bits per heavy atom. The second-order valence-corrected chi connectivity index (χ2v) is 7.85. The molecule has 1 saturated heterocycles. The number of alkyl halides is 3. The van der Waals surface area contributed by atoms with Crippen LogP contribution in [-0.4, -0.2) is 75.4 Å². The maximum Gasteiger partial charge on any atom is 0.416 e. The predicted molar refractivity (Wildman–Crippen MR) is 90.2 cm³/mol. The van der Waals surface area contributed by atoms with E-state index in [1.165, 1.54) is 17.0 Å². The molecule has 0 aromatic heterocycles. The standard InChI is InChI=1S/C15H20F3N5O3S/c1-19-20-21(2)11-14(24)22-7-9-23(10-8-22)27(25,26)13-5-3-12(4-6-13)15(16,17)18/h3-6H,7-11H2,1-2H3. The Kier molecular flexibility index (Phi) is 6.42. The molecule has 27 heavy (non-hydrogen) atoms. The average Bonchev–Trinajstić information content (AvgIpc) is 2.61. The number of sulfonamides is 1. The molecule has 0 saturated carbocycles. The lowest BCUT2D eigenvalue weighted by atomic mass is 10.2. The molecule has 1 aliphatic rings. The van der Waals surface area contributed by atoms with Crippen LogP contribution in [0, 0.1) is 0 Å². The van der Waals surface area contributed by atoms with Gasteiger partial charge in [-0.05, 0) is 24.3 Å². The SMILES string of the molecule is CN=NN(C)CC(=O)N1CCN(S(=O)(=O)c2ccc(C(F)(F)F)cc2)CC1. The molecular formula is C15H20F3N5O3S. The Morgan fingerprint density at radius 3 is 2.19 bits per heavy atom. The van der Waals surface area contributed by atoms with E-state index in [0.29, 0.717) is 0 Å². The fourth-order valence-corrected chi connectivity index (χ4v) is 4.05. The van der Waals surface area contributed by atoms with Gasteiger partial charge in [0.2, 0.25) is 15.9 Å². The summed E-state index contributed by atoms with van der Waals surface area (Å²) in [5, 5.41) is 8.63. The van der Waals surface area contributed by atoms with Gasteiger partial charge in [0, 0.05) is 33.2 Å². The minimum absolute atomic E-state index is 0.0169. The minimum atomic E-state index is -4.53. The Labute approximate surface area is 155 Å². The summed E-state index contributed by atoms with van der Waals surface area (Å²) in [4.78, 5) is 13.5. The molecule has 0 spiro atoms. The monoisotopic (exact) mass is 407 g/mol. The zero-order valence-electron chi connectivity index (χ0n) is 14.8. The highest BCUT2D eigenvalue weighted by Gasteiger charge is 2.33. The number of carbonyl (C=O) groups is 1. The van der Waals surface area contributed by atoms with Gasteiger partial charge in [0.15, 0.2) is 0 Å². The lowest BCUT2D eigenvalue weighted by Crippen LogP contribution is -2.52. The number of halogens is 3. The Balaban J connectivity index is 2.01. The second kappa shape index (κ2) is 8.21. The van der Waals surface area contributed by atoms with Gasteiger partial charge in [0.1, 0.15) is 6.54 Å². The summed E-state index contributed by atoms with van der Waals surface area (Å²) in [6.45, 7) is 0.525. The molecule has 2 rings (SSSR count). The third kappa shape index (κ3) is 5.16. The van der Waals surface area contributed by atoms with Gasteiger partial charge >= 0.3 is 6.18 Å². The van der Waals surface area contributed by atoms with E-state index in [0.717, 1.165) is 28.6 Å². The molecule has 0 aliphatic carbocycles. The summed E-state index contributed by atoms with van der Waals surface area (Å²) in [6, 6.07) is 3.37. The van der Waals surface area contributed by atoms with Gasteiger partial charge in [0.25, 0.3) is 0 Å². The van der Waals surface area contributed by atoms with E-state index in [2.05, 4.69) is 10.3 Å². The zero-order chi connectivity index (χ0) is 20.2. The van der Waals surface area contributed by atoms with Crippen LogP contribution in [0.3, 0.4) is 0 Å². The van der Waals surface area contributed by atoms with Crippen LogP contribution in [0.2, 0.25) is 0 Å². The zero-order valence-corrected chi connectivity index (χ0v) is 15.7. The average molecular weight is 407 g/mol. The van der Waals surface area contributed by atoms with Crippen LogP contribution in [0.5, 0.6) is 0 Å². The third-order valence-corrected chi connectivity index (χ3v) is 5.93. The fourth-order valence-electron chi connectivity index (χ4n) is 2.62. The molecule has 1 heterocycles. The molecule has 1 amide bonds. The molecular weight excluding hydrogens is 387 g/mol. The van der Waals surface area contributed by atoms with Crippen molar-refractivity contribution in [2.75, 3.05) is 46.8 Å². The Hall–Kier alpha value is -2.21. The van der Waals surface area contributed by atoms with E-state index < -0.39 is 21.8 Å². The van der Waals surface area contributed by atoms with Crippen LogP contribution < -0.4 is 0 Å². The molecule has 0 unspecified atom stereocenters. The lowest BCUT2D eigenvalue weighted by molar-refractivity contribution is -0.137. The van der Waals surface area contributed by atoms with Crippen LogP contribution in [0.1, 0.15) is 5.56 Å². The number of nitrogens with zero attached hydrogens (tertiary/aromatic N) is 5. The molecule has 8 nitrogen and oxygen atoms in total. The highest BCUT2D eigenvalue weighted by atomic mass is 32.2. The van der Waals surface area contributed by atoms with Crippen LogP contribution in [0.15, 0.2) is 39.5 Å². The first-order valence-corrected chi connectivity index (χ1v) is 9.46. The molecule has 1 aliphatic heterocycles. The topological polar surface area (TPSA) is 85.7 Å². The van der Waals surface area contributed by atoms with Crippen molar-refractivity contribution in [1.29, 1.82) is 0 Å². The van der Waals surface area contributed by atoms with Gasteiger partial charge in [0.05, 0.1) is 17.5 Å². The van der Waals surface area contributed by atoms with E-state index in [1.54, 1.807) is 7.05 Å². The van der Waals surface area contributed by atoms with Crippen LogP contribution in [0.4, 0.5) is 13.2 Å². The summed E-state index contributed by atoms with van der Waals surface area (Å²) in [6.07, 6.45) is -4.53. The summed E-state index contributed by atoms with van der Waals surface area (Å²) < 4.78 is 64.2. The Morgan fingerprint density at radius 2 is 1.70 bits per heavy atom. The van der Waals surface area contributed by atoms with E-state index in [9.17, 15) is 26.4 Å². The first kappa shape index (κ1) is 21.1. The smallest absolute Gasteiger partial charge is 0.338 e. The van der Waals surface area contributed by atoms with Crippen molar-refractivity contribution in [3.05, 3.63) is 29.8 Å². The van der Waals surface area contributed by atoms with E-state index in [-0.39, 0.29) is 43.5 Å². The number of hydrogen-bond acceptors (Lipinski definition) is 5.